The molecule has 0 aliphatic carbocycles. The van der Waals surface area contributed by atoms with Crippen LogP contribution in [-0.2, 0) is 16.1 Å². The summed E-state index contributed by atoms with van der Waals surface area (Å²) in [4.78, 5) is 42.5. The molecule has 5 aromatic rings. The van der Waals surface area contributed by atoms with E-state index in [0.717, 1.165) is 97.6 Å². The Kier molecular flexibility index (Phi) is 12.5. The molecule has 9 rings (SSSR count). The molecule has 4 N–H and O–H groups in total. The van der Waals surface area contributed by atoms with Gasteiger partial charge < -0.3 is 35.2 Å². The number of phenolic OH excluding ortho intramolecular Hbond substituents is 1. The Hall–Kier alpha value is -5.42. The summed E-state index contributed by atoms with van der Waals surface area (Å²) in [5.74, 6) is 0.813. The Labute approximate surface area is 372 Å². The summed E-state index contributed by atoms with van der Waals surface area (Å²) in [5, 5.41) is 41.1. The van der Waals surface area contributed by atoms with Crippen molar-refractivity contribution in [1.82, 2.24) is 40.4 Å². The third kappa shape index (κ3) is 9.17. The highest BCUT2D eigenvalue weighted by Crippen LogP contribution is 2.37. The van der Waals surface area contributed by atoms with Gasteiger partial charge in [-0.25, -0.2) is 4.98 Å². The molecule has 0 radical (unpaired) electrons. The molecular weight excluding hydrogens is 817 g/mol. The number of amides is 2. The first-order chi connectivity index (χ1) is 30.5. The van der Waals surface area contributed by atoms with E-state index in [2.05, 4.69) is 45.7 Å². The van der Waals surface area contributed by atoms with Crippen LogP contribution in [0.25, 0.3) is 21.7 Å². The van der Waals surface area contributed by atoms with Gasteiger partial charge in [-0.05, 0) is 80.9 Å². The summed E-state index contributed by atoms with van der Waals surface area (Å²) in [5.41, 5.74) is 8.04. The quantitative estimate of drug-likeness (QED) is 0.121. The van der Waals surface area contributed by atoms with Gasteiger partial charge in [-0.15, -0.1) is 21.5 Å². The molecule has 0 bridgehead atoms. The number of carbonyl (C=O) groups excluding carboxylic acids is 2. The second-order valence-corrected chi connectivity index (χ2v) is 19.0. The predicted octanol–water partition coefficient (Wildman–Crippen LogP) is 5.68. The summed E-state index contributed by atoms with van der Waals surface area (Å²) in [6, 6.07) is 18.5. The van der Waals surface area contributed by atoms with Gasteiger partial charge in [0, 0.05) is 63.9 Å². The van der Waals surface area contributed by atoms with Crippen LogP contribution >= 0.6 is 11.3 Å². The number of aliphatic hydroxyl groups is 1. The smallest absolute Gasteiger partial charge is 0.243 e. The van der Waals surface area contributed by atoms with Crippen molar-refractivity contribution in [2.24, 2.45) is 11.8 Å². The summed E-state index contributed by atoms with van der Waals surface area (Å²) in [6.07, 6.45) is 1.58. The predicted molar refractivity (Wildman–Crippen MR) is 242 cm³/mol. The van der Waals surface area contributed by atoms with Crippen LogP contribution in [0.4, 0.5) is 11.5 Å². The van der Waals surface area contributed by atoms with E-state index in [-0.39, 0.29) is 42.5 Å². The van der Waals surface area contributed by atoms with Gasteiger partial charge in [-0.2, -0.15) is 0 Å². The van der Waals surface area contributed by atoms with E-state index in [4.69, 9.17) is 4.52 Å². The average molecular weight is 875 g/mol. The summed E-state index contributed by atoms with van der Waals surface area (Å²) in [7, 11) is 0. The number of carbonyl (C=O) groups is 2. The van der Waals surface area contributed by atoms with Crippen LogP contribution in [0.3, 0.4) is 0 Å². The van der Waals surface area contributed by atoms with Crippen LogP contribution in [0.5, 0.6) is 5.75 Å². The number of phenols is 1. The van der Waals surface area contributed by atoms with E-state index >= 15 is 0 Å². The molecule has 16 heteroatoms. The Morgan fingerprint density at radius 1 is 0.984 bits per heavy atom. The van der Waals surface area contributed by atoms with Crippen molar-refractivity contribution in [3.63, 3.8) is 0 Å². The number of aryl methyl sites for hydroxylation is 1. The Morgan fingerprint density at radius 3 is 2.52 bits per heavy atom. The minimum atomic E-state index is -0.796. The number of hydrogen-bond donors (Lipinski definition) is 4. The highest BCUT2D eigenvalue weighted by atomic mass is 32.1. The van der Waals surface area contributed by atoms with Gasteiger partial charge in [0.15, 0.2) is 5.82 Å². The number of aromatic hydroxyl groups is 1. The molecule has 3 aromatic heterocycles. The number of β-amino-alcohol motifs (C(OH)–C–C–N with tert-alkyl or cyclic N) is 1. The average Bonchev–Trinajstić information content (AvgIpc) is 4.04. The van der Waals surface area contributed by atoms with Gasteiger partial charge in [0.1, 0.15) is 23.5 Å². The number of rotatable bonds is 12. The standard InChI is InChI=1S/C47H58N10O5S/c1-28(2)43(47(61)57-26-36(58)20-40(57)46(60)50-29(3)32-9-11-33(12-10-32)44-30(4)49-27-63-44)42-19-34(53-62-42)24-54-15-13-31(14-16-54)23-55-17-18-56-35(25-55)22-48-45-39(56)21-38(51-52-45)37-7-5-6-8-41(37)59/h5-12,19,21,27-29,31,35-36,40,43,58-59H,13-18,20,22-26H2,1-4H3,(H,48,52)(H,50,60)/t29?,35-,36+,40-,43?/m0/s1. The van der Waals surface area contributed by atoms with Crippen molar-refractivity contribution in [1.29, 1.82) is 0 Å². The van der Waals surface area contributed by atoms with E-state index in [1.165, 1.54) is 4.90 Å². The van der Waals surface area contributed by atoms with E-state index in [0.29, 0.717) is 35.5 Å². The number of benzene rings is 2. The Morgan fingerprint density at radius 2 is 1.78 bits per heavy atom. The van der Waals surface area contributed by atoms with E-state index in [1.54, 1.807) is 17.4 Å². The molecule has 63 heavy (non-hydrogen) atoms. The normalized spacial score (nSPS) is 21.8. The lowest BCUT2D eigenvalue weighted by molar-refractivity contribution is -0.141. The SMILES string of the molecule is Cc1ncsc1-c1ccc(C(C)NC(=O)[C@@H]2C[C@@H](O)CN2C(=O)C(c2cc(CN3CCC(CN4CCN5c6cc(-c7ccccc7O)nnc6NC[C@H]5C4)CC3)no2)C(C)C)cc1. The first kappa shape index (κ1) is 42.9. The molecule has 15 nitrogen and oxygen atoms in total. The van der Waals surface area contributed by atoms with Gasteiger partial charge in [-0.1, -0.05) is 55.4 Å². The third-order valence-electron chi connectivity index (χ3n) is 13.4. The van der Waals surface area contributed by atoms with Crippen LogP contribution in [0.1, 0.15) is 74.7 Å². The fourth-order valence-corrected chi connectivity index (χ4v) is 10.7. The van der Waals surface area contributed by atoms with Crippen LogP contribution in [0.15, 0.2) is 70.7 Å². The monoisotopic (exact) mass is 874 g/mol. The zero-order valence-electron chi connectivity index (χ0n) is 36.5. The minimum absolute atomic E-state index is 0.0887. The van der Waals surface area contributed by atoms with Crippen LogP contribution in [0.2, 0.25) is 0 Å². The number of thiazole rings is 1. The highest BCUT2D eigenvalue weighted by molar-refractivity contribution is 7.13. The lowest BCUT2D eigenvalue weighted by Gasteiger charge is -2.47. The lowest BCUT2D eigenvalue weighted by Crippen LogP contribution is -2.58. The third-order valence-corrected chi connectivity index (χ3v) is 14.4. The molecule has 332 valence electrons. The number of fused-ring (bicyclic) bond motifs is 3. The molecule has 4 aliphatic heterocycles. The van der Waals surface area contributed by atoms with Crippen molar-refractivity contribution in [2.75, 3.05) is 62.6 Å². The Balaban J connectivity index is 0.763. The van der Waals surface area contributed by atoms with Gasteiger partial charge in [-0.3, -0.25) is 19.4 Å². The largest absolute Gasteiger partial charge is 0.507 e. The molecule has 7 heterocycles. The number of piperazine rings is 1. The molecular formula is C47H58N10O5S. The topological polar surface area (TPSA) is 176 Å². The molecule has 3 saturated heterocycles. The second-order valence-electron chi connectivity index (χ2n) is 18.1. The van der Waals surface area contributed by atoms with Gasteiger partial charge in [0.05, 0.1) is 51.3 Å². The Bertz CT molecular complexity index is 2400. The van der Waals surface area contributed by atoms with Crippen molar-refractivity contribution in [3.05, 3.63) is 88.9 Å². The molecule has 4 aliphatic rings. The number of piperidine rings is 1. The minimum Gasteiger partial charge on any atom is -0.507 e. The van der Waals surface area contributed by atoms with Crippen molar-refractivity contribution >= 4 is 34.7 Å². The van der Waals surface area contributed by atoms with Crippen molar-refractivity contribution in [3.8, 4) is 27.4 Å². The molecule has 2 amide bonds. The number of hydrogen-bond acceptors (Lipinski definition) is 14. The molecule has 0 spiro atoms. The number of anilines is 2. The van der Waals surface area contributed by atoms with E-state index in [9.17, 15) is 19.8 Å². The first-order valence-corrected chi connectivity index (χ1v) is 23.2. The van der Waals surface area contributed by atoms with Gasteiger partial charge in [0.25, 0.3) is 0 Å². The van der Waals surface area contributed by atoms with E-state index in [1.807, 2.05) is 87.8 Å². The maximum Gasteiger partial charge on any atom is 0.243 e. The molecule has 0 saturated carbocycles. The first-order valence-electron chi connectivity index (χ1n) is 22.3. The number of likely N-dealkylation sites (tertiary alicyclic amines) is 2. The molecule has 2 aromatic carbocycles. The van der Waals surface area contributed by atoms with Crippen LogP contribution < -0.4 is 15.5 Å². The maximum absolute atomic E-state index is 14.3. The summed E-state index contributed by atoms with van der Waals surface area (Å²) in [6.45, 7) is 15.3. The fraction of sp³-hybridized carbons (Fsp3) is 0.489. The van der Waals surface area contributed by atoms with Crippen molar-refractivity contribution < 1.29 is 24.3 Å². The number of nitrogens with one attached hydrogen (secondary N) is 2. The molecule has 3 fully saturated rings. The van der Waals surface area contributed by atoms with Gasteiger partial charge >= 0.3 is 0 Å². The number of aliphatic hydroxyl groups excluding tert-OH is 1. The van der Waals surface area contributed by atoms with Gasteiger partial charge in [0.2, 0.25) is 11.8 Å². The molecule has 2 unspecified atom stereocenters. The van der Waals surface area contributed by atoms with Crippen LogP contribution in [0, 0.1) is 18.8 Å². The fourth-order valence-electron chi connectivity index (χ4n) is 9.93. The van der Waals surface area contributed by atoms with Crippen molar-refractivity contribution in [2.45, 2.75) is 83.6 Å². The second kappa shape index (κ2) is 18.4. The highest BCUT2D eigenvalue weighted by Gasteiger charge is 2.44. The van der Waals surface area contributed by atoms with E-state index < -0.39 is 18.1 Å². The molecule has 5 atom stereocenters. The number of aromatic nitrogens is 4. The zero-order chi connectivity index (χ0) is 43.8. The summed E-state index contributed by atoms with van der Waals surface area (Å²) < 4.78 is 5.90. The number of nitrogens with zero attached hydrogens (tertiary/aromatic N) is 8. The number of para-hydroxylation sites is 1. The zero-order valence-corrected chi connectivity index (χ0v) is 37.3. The lowest BCUT2D eigenvalue weighted by atomic mass is 9.91. The van der Waals surface area contributed by atoms with Crippen LogP contribution in [-0.4, -0.2) is 128 Å². The summed E-state index contributed by atoms with van der Waals surface area (Å²) >= 11 is 1.60. The maximum atomic E-state index is 14.3.